The highest BCUT2D eigenvalue weighted by Crippen LogP contribution is 2.46. The van der Waals surface area contributed by atoms with Gasteiger partial charge in [0, 0.05) is 50.6 Å². The van der Waals surface area contributed by atoms with Crippen molar-refractivity contribution < 1.29 is 34.2 Å². The molecule has 8 nitrogen and oxygen atoms in total. The van der Waals surface area contributed by atoms with Gasteiger partial charge in [0.05, 0.1) is 0 Å². The van der Waals surface area contributed by atoms with Crippen LogP contribution in [0.2, 0.25) is 24.2 Å². The number of hydrogen-bond donors (Lipinski definition) is 0. The smallest absolute Gasteiger partial charge is 0.375 e. The second-order valence-electron chi connectivity index (χ2n) is 6.58. The molecule has 4 bridgehead atoms. The Kier molecular flexibility index (Phi) is 6.95. The SMILES string of the molecule is CCO[Si]12CCC[Si](OCC)(O1)O[Si]1(OCC)CCC[Si](OCC)(O1)O2. The number of rotatable bonds is 8. The van der Waals surface area contributed by atoms with Gasteiger partial charge in [-0.15, -0.1) is 0 Å². The van der Waals surface area contributed by atoms with Gasteiger partial charge in [0.15, 0.2) is 0 Å². The summed E-state index contributed by atoms with van der Waals surface area (Å²) in [6.45, 7) is 9.93. The second-order valence-corrected chi connectivity index (χ2v) is 18.5. The molecule has 0 aromatic rings. The lowest BCUT2D eigenvalue weighted by Crippen LogP contribution is -2.75. The van der Waals surface area contributed by atoms with Crippen molar-refractivity contribution >= 4 is 35.2 Å². The number of hydrogen-bond acceptors (Lipinski definition) is 8. The molecular formula is C14H32O8Si4. The van der Waals surface area contributed by atoms with Crippen LogP contribution < -0.4 is 0 Å². The highest BCUT2D eigenvalue weighted by molar-refractivity contribution is 6.90. The van der Waals surface area contributed by atoms with E-state index in [1.807, 2.05) is 27.7 Å². The maximum Gasteiger partial charge on any atom is 0.486 e. The minimum absolute atomic E-state index is 0.521. The van der Waals surface area contributed by atoms with E-state index >= 15 is 0 Å². The van der Waals surface area contributed by atoms with Crippen molar-refractivity contribution in [1.29, 1.82) is 0 Å². The van der Waals surface area contributed by atoms with Crippen LogP contribution in [-0.2, 0) is 34.2 Å². The Hall–Kier alpha value is 0.548. The van der Waals surface area contributed by atoms with E-state index in [1.54, 1.807) is 0 Å². The standard InChI is InChI=1S/C14H32O8Si4/c1-5-15-23-11-9-12-24(19-23,16-6-2)22-26(18-8-4)14-10-13-25(20-26,21-23)17-7-3/h5-14H2,1-4H3. The third kappa shape index (κ3) is 4.26. The largest absolute Gasteiger partial charge is 0.486 e. The van der Waals surface area contributed by atoms with Gasteiger partial charge in [0.25, 0.3) is 0 Å². The van der Waals surface area contributed by atoms with Crippen LogP contribution in [0.15, 0.2) is 0 Å². The van der Waals surface area contributed by atoms with Gasteiger partial charge in [-0.1, -0.05) is 0 Å². The molecule has 0 atom stereocenters. The molecule has 0 aromatic carbocycles. The molecule has 0 saturated carbocycles. The molecule has 12 heteroatoms. The molecule has 0 unspecified atom stereocenters. The molecule has 0 amide bonds. The first-order valence-electron chi connectivity index (χ1n) is 9.85. The Labute approximate surface area is 160 Å². The monoisotopic (exact) mass is 440 g/mol. The van der Waals surface area contributed by atoms with Gasteiger partial charge in [-0.05, 0) is 40.5 Å². The zero-order chi connectivity index (χ0) is 18.7. The predicted octanol–water partition coefficient (Wildman–Crippen LogP) is 2.78. The summed E-state index contributed by atoms with van der Waals surface area (Å²) < 4.78 is 51.0. The van der Waals surface area contributed by atoms with Gasteiger partial charge in [-0.3, -0.25) is 0 Å². The molecule has 0 spiro atoms. The highest BCUT2D eigenvalue weighted by atomic mass is 28.6. The van der Waals surface area contributed by atoms with Gasteiger partial charge in [0.2, 0.25) is 0 Å². The van der Waals surface area contributed by atoms with Crippen LogP contribution >= 0.6 is 0 Å². The van der Waals surface area contributed by atoms with Crippen LogP contribution in [-0.4, -0.2) is 61.6 Å². The van der Waals surface area contributed by atoms with Crippen LogP contribution in [0.4, 0.5) is 0 Å². The lowest BCUT2D eigenvalue weighted by molar-refractivity contribution is 0.00688. The summed E-state index contributed by atoms with van der Waals surface area (Å²) in [4.78, 5) is 0. The Morgan fingerprint density at radius 2 is 0.731 bits per heavy atom. The second kappa shape index (κ2) is 8.50. The quantitative estimate of drug-likeness (QED) is 0.534. The molecule has 3 aliphatic rings. The molecule has 26 heavy (non-hydrogen) atoms. The lowest BCUT2D eigenvalue weighted by atomic mass is 10.6. The van der Waals surface area contributed by atoms with Crippen molar-refractivity contribution in [3.63, 3.8) is 0 Å². The molecule has 152 valence electrons. The van der Waals surface area contributed by atoms with E-state index in [1.165, 1.54) is 0 Å². The molecular weight excluding hydrogens is 408 g/mol. The van der Waals surface area contributed by atoms with Gasteiger partial charge >= 0.3 is 35.2 Å². The summed E-state index contributed by atoms with van der Waals surface area (Å²) in [7, 11) is -11.9. The zero-order valence-corrected chi connectivity index (χ0v) is 20.3. The van der Waals surface area contributed by atoms with Gasteiger partial charge in [-0.2, -0.15) is 0 Å². The van der Waals surface area contributed by atoms with Gasteiger partial charge in [-0.25, -0.2) is 0 Å². The fraction of sp³-hybridized carbons (Fsp3) is 1.00. The third-order valence-electron chi connectivity index (χ3n) is 4.63. The molecule has 0 N–H and O–H groups in total. The van der Waals surface area contributed by atoms with E-state index in [-0.39, 0.29) is 0 Å². The van der Waals surface area contributed by atoms with Crippen LogP contribution in [0.5, 0.6) is 0 Å². The van der Waals surface area contributed by atoms with E-state index in [0.717, 1.165) is 37.0 Å². The Morgan fingerprint density at radius 1 is 0.500 bits per heavy atom. The van der Waals surface area contributed by atoms with Crippen molar-refractivity contribution in [1.82, 2.24) is 0 Å². The Morgan fingerprint density at radius 3 is 0.923 bits per heavy atom. The molecule has 3 fully saturated rings. The van der Waals surface area contributed by atoms with Gasteiger partial charge < -0.3 is 34.2 Å². The molecule has 0 aliphatic carbocycles. The fourth-order valence-electron chi connectivity index (χ4n) is 3.89. The average molecular weight is 441 g/mol. The first kappa shape index (κ1) is 21.3. The van der Waals surface area contributed by atoms with E-state index in [9.17, 15) is 0 Å². The average Bonchev–Trinajstić information content (AvgIpc) is 2.54. The highest BCUT2D eigenvalue weighted by Gasteiger charge is 2.70. The summed E-state index contributed by atoms with van der Waals surface area (Å²) >= 11 is 0. The third-order valence-corrected chi connectivity index (χ3v) is 21.4. The number of fused-ring (bicyclic) bond motifs is 4. The first-order chi connectivity index (χ1) is 12.5. The molecule has 3 aliphatic heterocycles. The Balaban J connectivity index is 2.02. The lowest BCUT2D eigenvalue weighted by Gasteiger charge is -2.53. The van der Waals surface area contributed by atoms with E-state index in [0.29, 0.717) is 26.4 Å². The summed E-state index contributed by atoms with van der Waals surface area (Å²) in [6.07, 6.45) is 1.82. The van der Waals surface area contributed by atoms with Crippen molar-refractivity contribution in [2.75, 3.05) is 26.4 Å². The Bertz CT molecular complexity index is 396. The van der Waals surface area contributed by atoms with Crippen molar-refractivity contribution in [2.45, 2.75) is 64.7 Å². The summed E-state index contributed by atoms with van der Waals surface area (Å²) in [5.41, 5.74) is 0. The molecule has 0 radical (unpaired) electrons. The van der Waals surface area contributed by atoms with Crippen molar-refractivity contribution in [3.05, 3.63) is 0 Å². The summed E-state index contributed by atoms with van der Waals surface area (Å²) in [6, 6.07) is 3.00. The molecule has 3 heterocycles. The summed E-state index contributed by atoms with van der Waals surface area (Å²) in [5, 5.41) is 0. The maximum atomic E-state index is 6.65. The van der Waals surface area contributed by atoms with Crippen LogP contribution in [0.1, 0.15) is 40.5 Å². The van der Waals surface area contributed by atoms with E-state index in [4.69, 9.17) is 34.2 Å². The first-order valence-corrected chi connectivity index (χ1v) is 17.6. The van der Waals surface area contributed by atoms with Crippen LogP contribution in [0.3, 0.4) is 0 Å². The minimum Gasteiger partial charge on any atom is -0.375 e. The van der Waals surface area contributed by atoms with Crippen molar-refractivity contribution in [3.8, 4) is 0 Å². The van der Waals surface area contributed by atoms with Gasteiger partial charge in [0.1, 0.15) is 0 Å². The minimum atomic E-state index is -2.98. The molecule has 3 saturated heterocycles. The van der Waals surface area contributed by atoms with Crippen molar-refractivity contribution in [2.24, 2.45) is 0 Å². The summed E-state index contributed by atoms with van der Waals surface area (Å²) in [5.74, 6) is 0. The van der Waals surface area contributed by atoms with Crippen LogP contribution in [0, 0.1) is 0 Å². The van der Waals surface area contributed by atoms with Crippen LogP contribution in [0.25, 0.3) is 0 Å². The molecule has 0 aromatic heterocycles. The fourth-order valence-corrected chi connectivity index (χ4v) is 24.3. The maximum absolute atomic E-state index is 6.65. The predicted molar refractivity (Wildman–Crippen MR) is 102 cm³/mol. The molecule has 3 rings (SSSR count). The van der Waals surface area contributed by atoms with E-state index < -0.39 is 35.2 Å². The topological polar surface area (TPSA) is 73.8 Å². The zero-order valence-electron chi connectivity index (χ0n) is 16.3. The normalized spacial score (nSPS) is 42.9. The van der Waals surface area contributed by atoms with E-state index in [2.05, 4.69) is 0 Å².